The fourth-order valence-electron chi connectivity index (χ4n) is 2.87. The Hall–Kier alpha value is -0.476. The van der Waals surface area contributed by atoms with Gasteiger partial charge in [-0.25, -0.2) is 0 Å². The van der Waals surface area contributed by atoms with Crippen molar-refractivity contribution in [3.63, 3.8) is 0 Å². The number of rotatable bonds is 5. The number of aliphatic hydroxyl groups is 1. The zero-order valence-electron chi connectivity index (χ0n) is 19.9. The minimum Gasteiger partial charge on any atom is -0.469 e. The van der Waals surface area contributed by atoms with E-state index in [1.165, 1.54) is 7.11 Å². The van der Waals surface area contributed by atoms with Crippen LogP contribution in [0.25, 0.3) is 0 Å². The molecule has 7 heteroatoms. The summed E-state index contributed by atoms with van der Waals surface area (Å²) < 4.78 is 18.1. The number of ether oxygens (including phenoxy) is 1. The van der Waals surface area contributed by atoms with Crippen LogP contribution in [0.4, 0.5) is 0 Å². The maximum absolute atomic E-state index is 12.3. The number of carbonyl (C=O) groups excluding carboxylic acids is 1. The van der Waals surface area contributed by atoms with Gasteiger partial charge in [-0.05, 0) is 42.7 Å². The number of carbonyl (C=O) groups is 1. The molecule has 28 heavy (non-hydrogen) atoms. The smallest absolute Gasteiger partial charge is 0.312 e. The lowest BCUT2D eigenvalue weighted by Crippen LogP contribution is -2.61. The molecule has 1 saturated carbocycles. The fourth-order valence-corrected chi connectivity index (χ4v) is 5.61. The van der Waals surface area contributed by atoms with Gasteiger partial charge in [0.2, 0.25) is 0 Å². The molecule has 0 aliphatic heterocycles. The normalized spacial score (nSPS) is 27.6. The van der Waals surface area contributed by atoms with Gasteiger partial charge in [0.25, 0.3) is 0 Å². The van der Waals surface area contributed by atoms with E-state index in [-0.39, 0.29) is 22.5 Å². The van der Waals surface area contributed by atoms with Gasteiger partial charge in [-0.3, -0.25) is 4.79 Å². The van der Waals surface area contributed by atoms with Crippen LogP contribution in [0.15, 0.2) is 12.2 Å². The molecule has 5 nitrogen and oxygen atoms in total. The Bertz CT molecular complexity index is 601. The molecule has 3 unspecified atom stereocenters. The largest absolute Gasteiger partial charge is 0.469 e. The summed E-state index contributed by atoms with van der Waals surface area (Å²) in [6.45, 7) is 25.5. The standard InChI is InChI=1S/C21H42O5Si2/c1-15-13-17(25-27(9,10)19(2,3)4)21(23,14-16(15)18(22)24-8)26-28(11,12)20(5,6)7/h16-17,23H,1,13-14H2,2-12H3. The van der Waals surface area contributed by atoms with Crippen molar-refractivity contribution in [1.29, 1.82) is 0 Å². The van der Waals surface area contributed by atoms with Gasteiger partial charge in [0.05, 0.1) is 13.0 Å². The van der Waals surface area contributed by atoms with Crippen molar-refractivity contribution in [3.05, 3.63) is 12.2 Å². The van der Waals surface area contributed by atoms with Gasteiger partial charge in [-0.2, -0.15) is 0 Å². The third-order valence-electron chi connectivity index (χ3n) is 6.91. The van der Waals surface area contributed by atoms with E-state index in [9.17, 15) is 9.90 Å². The lowest BCUT2D eigenvalue weighted by Gasteiger charge is -2.52. The highest BCUT2D eigenvalue weighted by molar-refractivity contribution is 6.74. The van der Waals surface area contributed by atoms with Crippen LogP contribution < -0.4 is 0 Å². The van der Waals surface area contributed by atoms with Gasteiger partial charge in [0, 0.05) is 6.42 Å². The van der Waals surface area contributed by atoms with E-state index < -0.39 is 34.4 Å². The van der Waals surface area contributed by atoms with Crippen molar-refractivity contribution >= 4 is 22.6 Å². The van der Waals surface area contributed by atoms with Gasteiger partial charge in [-0.1, -0.05) is 53.7 Å². The van der Waals surface area contributed by atoms with Crippen molar-refractivity contribution in [3.8, 4) is 0 Å². The lowest BCUT2D eigenvalue weighted by molar-refractivity contribution is -0.227. The molecule has 1 aliphatic carbocycles. The summed E-state index contributed by atoms with van der Waals surface area (Å²) in [5.74, 6) is -2.51. The van der Waals surface area contributed by atoms with Gasteiger partial charge in [-0.15, -0.1) is 0 Å². The molecule has 0 aromatic heterocycles. The quantitative estimate of drug-likeness (QED) is 0.280. The summed E-state index contributed by atoms with van der Waals surface area (Å²) >= 11 is 0. The SMILES string of the molecule is C=C1CC(O[Si](C)(C)C(C)(C)C)C(O)(O[Si](C)(C)C(C)(C)C)CC1C(=O)OC. The second kappa shape index (κ2) is 7.98. The molecule has 1 rings (SSSR count). The summed E-state index contributed by atoms with van der Waals surface area (Å²) in [5, 5.41) is 11.7. The molecule has 0 heterocycles. The molecule has 0 radical (unpaired) electrons. The minimum absolute atomic E-state index is 0.00852. The van der Waals surface area contributed by atoms with Crippen LogP contribution >= 0.6 is 0 Å². The molecule has 0 saturated heterocycles. The van der Waals surface area contributed by atoms with Crippen LogP contribution in [-0.2, 0) is 18.4 Å². The second-order valence-electron chi connectivity index (χ2n) is 11.2. The second-order valence-corrected chi connectivity index (χ2v) is 20.7. The third-order valence-corrected chi connectivity index (χ3v) is 15.9. The van der Waals surface area contributed by atoms with E-state index in [0.717, 1.165) is 5.57 Å². The van der Waals surface area contributed by atoms with Crippen LogP contribution in [0.2, 0.25) is 36.3 Å². The Morgan fingerprint density at radius 2 is 1.54 bits per heavy atom. The molecule has 0 amide bonds. The van der Waals surface area contributed by atoms with E-state index in [4.69, 9.17) is 13.6 Å². The maximum atomic E-state index is 12.3. The highest BCUT2D eigenvalue weighted by atomic mass is 28.4. The van der Waals surface area contributed by atoms with E-state index >= 15 is 0 Å². The number of hydrogen-bond donors (Lipinski definition) is 1. The van der Waals surface area contributed by atoms with Crippen LogP contribution in [0.5, 0.6) is 0 Å². The Kier molecular flexibility index (Phi) is 7.29. The topological polar surface area (TPSA) is 65.0 Å². The average Bonchev–Trinajstić information content (AvgIpc) is 2.47. The molecule has 0 aromatic carbocycles. The van der Waals surface area contributed by atoms with Crippen LogP contribution in [0, 0.1) is 5.92 Å². The number of esters is 1. The van der Waals surface area contributed by atoms with Gasteiger partial charge < -0.3 is 18.7 Å². The first-order valence-electron chi connectivity index (χ1n) is 10.1. The summed E-state index contributed by atoms with van der Waals surface area (Å²) in [7, 11) is -3.13. The minimum atomic E-state index is -2.32. The first-order valence-corrected chi connectivity index (χ1v) is 15.9. The van der Waals surface area contributed by atoms with E-state index in [2.05, 4.69) is 74.3 Å². The first-order chi connectivity index (χ1) is 12.3. The molecular weight excluding hydrogens is 388 g/mol. The molecule has 0 spiro atoms. The summed E-state index contributed by atoms with van der Waals surface area (Å²) in [6.07, 6.45) is -0.0437. The van der Waals surface area contributed by atoms with Crippen molar-refractivity contribution in [2.24, 2.45) is 5.92 Å². The maximum Gasteiger partial charge on any atom is 0.312 e. The summed E-state index contributed by atoms with van der Waals surface area (Å²) in [6, 6.07) is 0. The zero-order chi connectivity index (χ0) is 22.3. The predicted molar refractivity (Wildman–Crippen MR) is 119 cm³/mol. The summed E-state index contributed by atoms with van der Waals surface area (Å²) in [5.41, 5.74) is 0.735. The predicted octanol–water partition coefficient (Wildman–Crippen LogP) is 5.23. The molecule has 164 valence electrons. The van der Waals surface area contributed by atoms with Crippen LogP contribution in [-0.4, -0.2) is 46.7 Å². The number of hydrogen-bond acceptors (Lipinski definition) is 5. The van der Waals surface area contributed by atoms with Gasteiger partial charge in [0.15, 0.2) is 22.4 Å². The van der Waals surface area contributed by atoms with Crippen molar-refractivity contribution in [2.45, 2.75) is 103 Å². The highest BCUT2D eigenvalue weighted by Gasteiger charge is 2.55. The summed E-state index contributed by atoms with van der Waals surface area (Å²) in [4.78, 5) is 12.3. The molecule has 1 fully saturated rings. The third kappa shape index (κ3) is 5.36. The van der Waals surface area contributed by atoms with Crippen LogP contribution in [0.3, 0.4) is 0 Å². The molecule has 0 bridgehead atoms. The first kappa shape index (κ1) is 25.6. The Balaban J connectivity index is 3.34. The Labute approximate surface area is 174 Å². The lowest BCUT2D eigenvalue weighted by atomic mass is 9.79. The van der Waals surface area contributed by atoms with Crippen LogP contribution in [0.1, 0.15) is 54.4 Å². The highest BCUT2D eigenvalue weighted by Crippen LogP contribution is 2.47. The fraction of sp³-hybridized carbons (Fsp3) is 0.857. The van der Waals surface area contributed by atoms with Gasteiger partial charge >= 0.3 is 5.97 Å². The monoisotopic (exact) mass is 430 g/mol. The molecule has 1 aliphatic rings. The number of methoxy groups -OCH3 is 1. The van der Waals surface area contributed by atoms with Crippen molar-refractivity contribution in [1.82, 2.24) is 0 Å². The Morgan fingerprint density at radius 3 is 1.93 bits per heavy atom. The molecule has 1 N–H and O–H groups in total. The van der Waals surface area contributed by atoms with E-state index in [0.29, 0.717) is 6.42 Å². The van der Waals surface area contributed by atoms with E-state index in [1.54, 1.807) is 0 Å². The van der Waals surface area contributed by atoms with Crippen molar-refractivity contribution < 1.29 is 23.5 Å². The van der Waals surface area contributed by atoms with E-state index in [1.807, 2.05) is 0 Å². The zero-order valence-corrected chi connectivity index (χ0v) is 21.9. The Morgan fingerprint density at radius 1 is 1.07 bits per heavy atom. The van der Waals surface area contributed by atoms with Gasteiger partial charge in [0.1, 0.15) is 6.10 Å². The van der Waals surface area contributed by atoms with Crippen molar-refractivity contribution in [2.75, 3.05) is 7.11 Å². The molecule has 0 aromatic rings. The average molecular weight is 431 g/mol. The molecular formula is C21H42O5Si2. The molecule has 3 atom stereocenters.